The van der Waals surface area contributed by atoms with Gasteiger partial charge in [0.25, 0.3) is 0 Å². The number of hydrogen-bond donors (Lipinski definition) is 0. The Morgan fingerprint density at radius 2 is 0.984 bits per heavy atom. The monoisotopic (exact) mass is 825 g/mol. The summed E-state index contributed by atoms with van der Waals surface area (Å²) in [5, 5.41) is -0.0920. The van der Waals surface area contributed by atoms with E-state index in [-0.39, 0.29) is 28.5 Å². The molecule has 12 rings (SSSR count). The lowest BCUT2D eigenvalue weighted by Gasteiger charge is -2.44. The predicted octanol–water partition coefficient (Wildman–Crippen LogP) is 16.4. The Kier molecular flexibility index (Phi) is 7.19. The summed E-state index contributed by atoms with van der Waals surface area (Å²) in [7, 11) is 0. The van der Waals surface area contributed by atoms with Gasteiger partial charge in [0.1, 0.15) is 0 Å². The van der Waals surface area contributed by atoms with Crippen molar-refractivity contribution in [2.24, 2.45) is 0 Å². The molecule has 2 heteroatoms. The molecule has 0 radical (unpaired) electrons. The van der Waals surface area contributed by atoms with Gasteiger partial charge in [-0.3, -0.25) is 0 Å². The second kappa shape index (κ2) is 14.9. The lowest BCUT2D eigenvalue weighted by atomic mass is 9.65. The van der Waals surface area contributed by atoms with E-state index >= 15 is 0 Å². The van der Waals surface area contributed by atoms with Crippen molar-refractivity contribution in [3.05, 3.63) is 276 Å². The Bertz CT molecular complexity index is 3710. The zero-order valence-corrected chi connectivity index (χ0v) is 35.4. The van der Waals surface area contributed by atoms with Gasteiger partial charge in [-0.25, -0.2) is 0 Å². The highest BCUT2D eigenvalue weighted by Crippen LogP contribution is 2.59. The molecule has 0 saturated heterocycles. The van der Waals surface area contributed by atoms with Crippen molar-refractivity contribution in [2.75, 3.05) is 9.80 Å². The third-order valence-corrected chi connectivity index (χ3v) is 13.4. The summed E-state index contributed by atoms with van der Waals surface area (Å²) in [6.45, 7) is 4.51. The number of hydrogen-bond acceptors (Lipinski definition) is 2. The van der Waals surface area contributed by atoms with Gasteiger partial charge in [-0.15, -0.1) is 0 Å². The third-order valence-electron chi connectivity index (χ3n) is 13.4. The zero-order valence-electron chi connectivity index (χ0n) is 42.4. The van der Waals surface area contributed by atoms with Crippen molar-refractivity contribution in [3.8, 4) is 22.3 Å². The second-order valence-corrected chi connectivity index (χ2v) is 17.2. The number of benzene rings is 10. The lowest BCUT2D eigenvalue weighted by Crippen LogP contribution is -2.33. The maximum atomic E-state index is 9.61. The number of anilines is 6. The molecule has 0 aromatic heterocycles. The summed E-state index contributed by atoms with van der Waals surface area (Å²) < 4.78 is 63.5. The van der Waals surface area contributed by atoms with Crippen LogP contribution in [-0.4, -0.2) is 0 Å². The molecule has 0 fully saturated rings. The topological polar surface area (TPSA) is 6.48 Å². The summed E-state index contributed by atoms with van der Waals surface area (Å²) >= 11 is 0. The van der Waals surface area contributed by atoms with Gasteiger partial charge in [0.05, 0.1) is 32.1 Å². The SMILES string of the molecule is [2H]c1c([2H])c([2H])c2c(N(c3ccc(-c4ccccc4)cc3)c3ccc4c(c3)C(C)(C)c3cc(C5(c6ccccc6)c6ccccc6-c6ccccc65)ccc3N4c3ccccc3)c([2H])c([2H])c([2H])c2c1[2H]. The van der Waals surface area contributed by atoms with Crippen LogP contribution in [0.4, 0.5) is 34.1 Å². The molecule has 10 aromatic carbocycles. The Morgan fingerprint density at radius 1 is 0.438 bits per heavy atom. The minimum Gasteiger partial charge on any atom is -0.310 e. The van der Waals surface area contributed by atoms with Crippen molar-refractivity contribution in [1.82, 2.24) is 0 Å². The molecule has 0 spiro atoms. The van der Waals surface area contributed by atoms with Crippen LogP contribution in [0.1, 0.15) is 56.8 Å². The van der Waals surface area contributed by atoms with E-state index in [0.29, 0.717) is 11.4 Å². The molecule has 0 unspecified atom stereocenters. The maximum Gasteiger partial charge on any atom is 0.0713 e. The van der Waals surface area contributed by atoms with Crippen LogP contribution in [0.3, 0.4) is 0 Å². The van der Waals surface area contributed by atoms with E-state index in [4.69, 9.17) is 6.85 Å². The molecule has 10 aromatic rings. The first-order valence-electron chi connectivity index (χ1n) is 25.3. The van der Waals surface area contributed by atoms with Crippen LogP contribution in [0, 0.1) is 0 Å². The van der Waals surface area contributed by atoms with E-state index in [1.807, 2.05) is 83.8 Å². The first-order chi connectivity index (χ1) is 34.4. The first kappa shape index (κ1) is 31.0. The van der Waals surface area contributed by atoms with Crippen LogP contribution in [0.5, 0.6) is 0 Å². The molecule has 2 nitrogen and oxygen atoms in total. The first-order valence-corrected chi connectivity index (χ1v) is 21.8. The molecule has 0 amide bonds. The Hall–Kier alpha value is -7.94. The Labute approximate surface area is 385 Å². The van der Waals surface area contributed by atoms with Crippen LogP contribution in [0.2, 0.25) is 0 Å². The van der Waals surface area contributed by atoms with Crippen LogP contribution < -0.4 is 9.80 Å². The van der Waals surface area contributed by atoms with Gasteiger partial charge >= 0.3 is 0 Å². The molecule has 0 saturated carbocycles. The molecule has 304 valence electrons. The molecule has 0 N–H and O–H groups in total. The summed E-state index contributed by atoms with van der Waals surface area (Å²) in [6.07, 6.45) is 0. The summed E-state index contributed by atoms with van der Waals surface area (Å²) in [4.78, 5) is 4.15. The molecular formula is C62H46N2. The highest BCUT2D eigenvalue weighted by Gasteiger charge is 2.47. The minimum absolute atomic E-state index is 0.00959. The highest BCUT2D eigenvalue weighted by molar-refractivity contribution is 6.00. The normalized spacial score (nSPS) is 15.5. The van der Waals surface area contributed by atoms with Crippen molar-refractivity contribution in [2.45, 2.75) is 24.7 Å². The van der Waals surface area contributed by atoms with Crippen LogP contribution in [0.15, 0.2) is 242 Å². The quantitative estimate of drug-likeness (QED) is 0.158. The van der Waals surface area contributed by atoms with Crippen LogP contribution in [-0.2, 0) is 10.8 Å². The molecule has 0 bridgehead atoms. The number of para-hydroxylation sites is 1. The van der Waals surface area contributed by atoms with Crippen LogP contribution in [0.25, 0.3) is 33.0 Å². The number of rotatable bonds is 7. The highest BCUT2D eigenvalue weighted by atomic mass is 15.2. The lowest BCUT2D eigenvalue weighted by molar-refractivity contribution is 0.627. The fourth-order valence-corrected chi connectivity index (χ4v) is 10.5. The van der Waals surface area contributed by atoms with E-state index in [1.54, 1.807) is 0 Å². The van der Waals surface area contributed by atoms with Gasteiger partial charge in [0.2, 0.25) is 0 Å². The van der Waals surface area contributed by atoms with Gasteiger partial charge in [-0.1, -0.05) is 202 Å². The average Bonchev–Trinajstić information content (AvgIpc) is 3.72. The molecule has 1 heterocycles. The molecule has 0 atom stereocenters. The fourth-order valence-electron chi connectivity index (χ4n) is 10.5. The van der Waals surface area contributed by atoms with Gasteiger partial charge in [-0.2, -0.15) is 0 Å². The van der Waals surface area contributed by atoms with E-state index in [2.05, 4.69) is 140 Å². The van der Waals surface area contributed by atoms with Gasteiger partial charge in [0.15, 0.2) is 0 Å². The van der Waals surface area contributed by atoms with E-state index in [9.17, 15) is 2.74 Å². The molecule has 2 aliphatic rings. The standard InChI is InChI=1S/C62H46N2/c1-61(2)56-41-47(62(46-23-8-4-9-24-46)54-30-16-14-28-52(54)53-29-15-17-31-55(53)62)35-39-59(56)64(48-25-10-5-11-26-48)60-40-38-50(42-57(60)61)63(58-32-18-22-45-21-12-13-27-51(45)58)49-36-33-44(34-37-49)43-19-6-3-7-20-43/h3-42H,1-2H3/i12D,13D,18D,21D,22D,27D,32D. The average molecular weight is 826 g/mol. The largest absolute Gasteiger partial charge is 0.310 e. The third kappa shape index (κ3) is 5.72. The van der Waals surface area contributed by atoms with Crippen molar-refractivity contribution < 1.29 is 9.60 Å². The smallest absolute Gasteiger partial charge is 0.0713 e. The van der Waals surface area contributed by atoms with Gasteiger partial charge < -0.3 is 9.80 Å². The van der Waals surface area contributed by atoms with Crippen LogP contribution >= 0.6 is 0 Å². The van der Waals surface area contributed by atoms with Gasteiger partial charge in [-0.05, 0) is 116 Å². The molecule has 1 aliphatic heterocycles. The fraction of sp³-hybridized carbons (Fsp3) is 0.0645. The summed E-state index contributed by atoms with van der Waals surface area (Å²) in [5.41, 5.74) is 14.3. The van der Waals surface area contributed by atoms with E-state index < -0.39 is 41.0 Å². The van der Waals surface area contributed by atoms with E-state index in [0.717, 1.165) is 44.9 Å². The van der Waals surface area contributed by atoms with Crippen molar-refractivity contribution in [3.63, 3.8) is 0 Å². The molecule has 64 heavy (non-hydrogen) atoms. The predicted molar refractivity (Wildman–Crippen MR) is 268 cm³/mol. The maximum absolute atomic E-state index is 9.61. The molecular weight excluding hydrogens is 773 g/mol. The number of fused-ring (bicyclic) bond motifs is 6. The summed E-state index contributed by atoms with van der Waals surface area (Å²) in [6, 6.07) is 66.8. The summed E-state index contributed by atoms with van der Waals surface area (Å²) in [5.74, 6) is 0. The number of nitrogens with zero attached hydrogens (tertiary/aromatic N) is 2. The molecule has 1 aliphatic carbocycles. The van der Waals surface area contributed by atoms with Gasteiger partial charge in [0, 0.05) is 27.9 Å². The zero-order chi connectivity index (χ0) is 48.9. The van der Waals surface area contributed by atoms with E-state index in [1.165, 1.54) is 27.8 Å². The Morgan fingerprint density at radius 3 is 1.69 bits per heavy atom. The minimum atomic E-state index is -0.652. The Balaban J connectivity index is 1.13. The van der Waals surface area contributed by atoms with Crippen molar-refractivity contribution >= 4 is 44.9 Å². The second-order valence-electron chi connectivity index (χ2n) is 17.2. The van der Waals surface area contributed by atoms with Crippen molar-refractivity contribution in [1.29, 1.82) is 0 Å².